The highest BCUT2D eigenvalue weighted by Gasteiger charge is 2.33. The summed E-state index contributed by atoms with van der Waals surface area (Å²) in [5.74, 6) is 2.65. The molecule has 0 aromatic carbocycles. The lowest BCUT2D eigenvalue weighted by molar-refractivity contribution is 0.0356. The zero-order valence-corrected chi connectivity index (χ0v) is 10.7. The highest BCUT2D eigenvalue weighted by molar-refractivity contribution is 4.85. The second-order valence-electron chi connectivity index (χ2n) is 5.76. The predicted molar refractivity (Wildman–Crippen MR) is 63.4 cm³/mol. The molecule has 1 rings (SSSR count). The molecule has 3 atom stereocenters. The fraction of sp³-hybridized carbons (Fsp3) is 1.00. The average Bonchev–Trinajstić information content (AvgIpc) is 2.07. The molecule has 0 bridgehead atoms. The van der Waals surface area contributed by atoms with Crippen molar-refractivity contribution in [1.82, 2.24) is 4.90 Å². The Labute approximate surface area is 89.9 Å². The summed E-state index contributed by atoms with van der Waals surface area (Å²) < 4.78 is 0. The van der Waals surface area contributed by atoms with Crippen molar-refractivity contribution >= 4 is 0 Å². The van der Waals surface area contributed by atoms with Crippen molar-refractivity contribution in [3.05, 3.63) is 0 Å². The van der Waals surface area contributed by atoms with Crippen LogP contribution < -0.4 is 0 Å². The van der Waals surface area contributed by atoms with Crippen LogP contribution in [0.4, 0.5) is 0 Å². The van der Waals surface area contributed by atoms with E-state index in [1.165, 1.54) is 13.0 Å². The minimum atomic E-state index is 0.709. The maximum atomic E-state index is 2.66. The van der Waals surface area contributed by atoms with Gasteiger partial charge in [0.25, 0.3) is 0 Å². The Morgan fingerprint density at radius 1 is 1.07 bits per heavy atom. The number of rotatable bonds is 2. The quantitative estimate of drug-likeness (QED) is 0.656. The van der Waals surface area contributed by atoms with Crippen molar-refractivity contribution in [3.63, 3.8) is 0 Å². The van der Waals surface area contributed by atoms with E-state index in [0.29, 0.717) is 6.04 Å². The van der Waals surface area contributed by atoms with Crippen LogP contribution in [-0.2, 0) is 0 Å². The van der Waals surface area contributed by atoms with Crippen molar-refractivity contribution in [1.29, 1.82) is 0 Å². The van der Waals surface area contributed by atoms with Gasteiger partial charge in [0.05, 0.1) is 0 Å². The summed E-state index contributed by atoms with van der Waals surface area (Å²) in [6.45, 7) is 15.5. The van der Waals surface area contributed by atoms with Gasteiger partial charge in [-0.2, -0.15) is 0 Å². The van der Waals surface area contributed by atoms with Gasteiger partial charge in [0.2, 0.25) is 0 Å². The first kappa shape index (κ1) is 12.0. The van der Waals surface area contributed by atoms with Crippen LogP contribution in [0.15, 0.2) is 0 Å². The zero-order chi connectivity index (χ0) is 10.9. The van der Waals surface area contributed by atoms with Gasteiger partial charge in [0, 0.05) is 18.6 Å². The molecule has 0 aromatic heterocycles. The van der Waals surface area contributed by atoms with Gasteiger partial charge in [-0.1, -0.05) is 20.8 Å². The average molecular weight is 197 g/mol. The number of piperidine rings is 1. The van der Waals surface area contributed by atoms with Crippen molar-refractivity contribution < 1.29 is 0 Å². The number of hydrogen-bond acceptors (Lipinski definition) is 1. The SMILES string of the molecule is CC(C)C1C[C@H](C)N(C(C)C)C[C@@H]1C. The van der Waals surface area contributed by atoms with E-state index < -0.39 is 0 Å². The zero-order valence-electron chi connectivity index (χ0n) is 10.7. The van der Waals surface area contributed by atoms with E-state index in [4.69, 9.17) is 0 Å². The van der Waals surface area contributed by atoms with Gasteiger partial charge in [0.1, 0.15) is 0 Å². The summed E-state index contributed by atoms with van der Waals surface area (Å²) in [7, 11) is 0. The molecule has 14 heavy (non-hydrogen) atoms. The molecule has 1 fully saturated rings. The molecule has 0 N–H and O–H groups in total. The lowest BCUT2D eigenvalue weighted by Crippen LogP contribution is -2.49. The molecule has 1 aliphatic rings. The molecule has 0 radical (unpaired) electrons. The molecule has 0 aliphatic carbocycles. The Kier molecular flexibility index (Phi) is 4.00. The third-order valence-electron chi connectivity index (χ3n) is 3.93. The minimum Gasteiger partial charge on any atom is -0.298 e. The second kappa shape index (κ2) is 4.65. The van der Waals surface area contributed by atoms with E-state index in [1.54, 1.807) is 0 Å². The van der Waals surface area contributed by atoms with Crippen LogP contribution in [0.25, 0.3) is 0 Å². The monoisotopic (exact) mass is 197 g/mol. The number of hydrogen-bond donors (Lipinski definition) is 0. The van der Waals surface area contributed by atoms with Crippen LogP contribution in [0.5, 0.6) is 0 Å². The smallest absolute Gasteiger partial charge is 0.00725 e. The van der Waals surface area contributed by atoms with E-state index in [9.17, 15) is 0 Å². The van der Waals surface area contributed by atoms with Crippen LogP contribution in [0.1, 0.15) is 48.0 Å². The standard InChI is InChI=1S/C13H27N/c1-9(2)13-7-12(6)14(10(3)4)8-11(13)5/h9-13H,7-8H2,1-6H3/t11-,12-,13?/m0/s1. The summed E-state index contributed by atoms with van der Waals surface area (Å²) in [6, 6.07) is 1.49. The van der Waals surface area contributed by atoms with Gasteiger partial charge in [-0.05, 0) is 44.9 Å². The molecular formula is C13H27N. The van der Waals surface area contributed by atoms with Crippen LogP contribution in [0.2, 0.25) is 0 Å². The molecule has 84 valence electrons. The summed E-state index contributed by atoms with van der Waals surface area (Å²) in [5.41, 5.74) is 0. The fourth-order valence-electron chi connectivity index (χ4n) is 3.06. The number of nitrogens with zero attached hydrogens (tertiary/aromatic N) is 1. The number of likely N-dealkylation sites (tertiary alicyclic amines) is 1. The van der Waals surface area contributed by atoms with Crippen LogP contribution >= 0.6 is 0 Å². The van der Waals surface area contributed by atoms with E-state index in [-0.39, 0.29) is 0 Å². The predicted octanol–water partition coefficient (Wildman–Crippen LogP) is 3.40. The molecule has 1 unspecified atom stereocenters. The van der Waals surface area contributed by atoms with Crippen molar-refractivity contribution in [2.24, 2.45) is 17.8 Å². The van der Waals surface area contributed by atoms with Crippen molar-refractivity contribution in [2.45, 2.75) is 60.0 Å². The Morgan fingerprint density at radius 2 is 1.64 bits per heavy atom. The van der Waals surface area contributed by atoms with Gasteiger partial charge in [-0.15, -0.1) is 0 Å². The molecular weight excluding hydrogens is 170 g/mol. The maximum absolute atomic E-state index is 2.66. The van der Waals surface area contributed by atoms with Gasteiger partial charge in [-0.25, -0.2) is 0 Å². The van der Waals surface area contributed by atoms with E-state index in [1.807, 2.05) is 0 Å². The van der Waals surface area contributed by atoms with Crippen LogP contribution in [-0.4, -0.2) is 23.5 Å². The third kappa shape index (κ3) is 2.50. The van der Waals surface area contributed by atoms with Crippen molar-refractivity contribution in [3.8, 4) is 0 Å². The highest BCUT2D eigenvalue weighted by Crippen LogP contribution is 2.33. The minimum absolute atomic E-state index is 0.709. The molecule has 0 aromatic rings. The molecule has 1 heteroatoms. The fourth-order valence-corrected chi connectivity index (χ4v) is 3.06. The molecule has 1 nitrogen and oxygen atoms in total. The van der Waals surface area contributed by atoms with Crippen LogP contribution in [0, 0.1) is 17.8 Å². The molecule has 0 amide bonds. The first-order chi connectivity index (χ1) is 6.43. The molecule has 0 spiro atoms. The maximum Gasteiger partial charge on any atom is 0.00725 e. The molecule has 1 aliphatic heterocycles. The third-order valence-corrected chi connectivity index (χ3v) is 3.93. The Balaban J connectivity index is 2.62. The van der Waals surface area contributed by atoms with Gasteiger partial charge in [0.15, 0.2) is 0 Å². The summed E-state index contributed by atoms with van der Waals surface area (Å²) in [4.78, 5) is 2.66. The Hall–Kier alpha value is -0.0400. The van der Waals surface area contributed by atoms with Gasteiger partial charge in [-0.3, -0.25) is 4.90 Å². The molecule has 1 heterocycles. The first-order valence-corrected chi connectivity index (χ1v) is 6.19. The summed E-state index contributed by atoms with van der Waals surface area (Å²) in [5, 5.41) is 0. The largest absolute Gasteiger partial charge is 0.298 e. The Morgan fingerprint density at radius 3 is 2.07 bits per heavy atom. The first-order valence-electron chi connectivity index (χ1n) is 6.19. The van der Waals surface area contributed by atoms with Gasteiger partial charge < -0.3 is 0 Å². The lowest BCUT2D eigenvalue weighted by atomic mass is 9.76. The summed E-state index contributed by atoms with van der Waals surface area (Å²) in [6.07, 6.45) is 1.39. The molecule has 0 saturated carbocycles. The van der Waals surface area contributed by atoms with E-state index in [0.717, 1.165) is 23.8 Å². The van der Waals surface area contributed by atoms with E-state index in [2.05, 4.69) is 46.4 Å². The highest BCUT2D eigenvalue weighted by atomic mass is 15.2. The van der Waals surface area contributed by atoms with E-state index >= 15 is 0 Å². The second-order valence-corrected chi connectivity index (χ2v) is 5.76. The molecule has 1 saturated heterocycles. The lowest BCUT2D eigenvalue weighted by Gasteiger charge is -2.45. The van der Waals surface area contributed by atoms with Crippen molar-refractivity contribution in [2.75, 3.05) is 6.54 Å². The normalized spacial score (nSPS) is 35.6. The van der Waals surface area contributed by atoms with Gasteiger partial charge >= 0.3 is 0 Å². The van der Waals surface area contributed by atoms with Crippen LogP contribution in [0.3, 0.4) is 0 Å². The Bertz CT molecular complexity index is 154. The summed E-state index contributed by atoms with van der Waals surface area (Å²) >= 11 is 0. The topological polar surface area (TPSA) is 3.24 Å².